The lowest BCUT2D eigenvalue weighted by molar-refractivity contribution is 0.102. The van der Waals surface area contributed by atoms with E-state index in [0.29, 0.717) is 33.3 Å². The number of rotatable bonds is 6. The van der Waals surface area contributed by atoms with Gasteiger partial charge in [-0.15, -0.1) is 11.3 Å². The first-order chi connectivity index (χ1) is 15.1. The number of amides is 2. The lowest BCUT2D eigenvalue weighted by Gasteiger charge is -2.15. The van der Waals surface area contributed by atoms with E-state index in [9.17, 15) is 9.59 Å². The largest absolute Gasteiger partial charge is 0.497 e. The van der Waals surface area contributed by atoms with Crippen LogP contribution in [0.3, 0.4) is 0 Å². The first kappa shape index (κ1) is 20.9. The molecule has 0 radical (unpaired) electrons. The number of hydrogen-bond acceptors (Lipinski definition) is 5. The number of hydrogen-bond donors (Lipinski definition) is 2. The Balaban J connectivity index is 1.68. The van der Waals surface area contributed by atoms with E-state index in [1.54, 1.807) is 44.6 Å². The Bertz CT molecular complexity index is 1110. The van der Waals surface area contributed by atoms with Crippen LogP contribution < -0.4 is 20.1 Å². The average Bonchev–Trinajstić information content (AvgIpc) is 3.17. The standard InChI is InChI=1S/C24H24N2O4S/c1-29-16-12-13-19(30-2)18(14-16)25-23(28)21-17-10-6-7-11-20(17)31-24(21)26-22(27)15-8-4-3-5-9-15/h3-5,8-9,12-14H,6-7,10-11H2,1-2H3,(H,25,28)(H,26,27). The van der Waals surface area contributed by atoms with Crippen LogP contribution in [0.2, 0.25) is 0 Å². The molecule has 160 valence electrons. The third kappa shape index (κ3) is 4.41. The molecule has 31 heavy (non-hydrogen) atoms. The van der Waals surface area contributed by atoms with Crippen molar-refractivity contribution in [2.75, 3.05) is 24.9 Å². The summed E-state index contributed by atoms with van der Waals surface area (Å²) < 4.78 is 10.7. The SMILES string of the molecule is COc1ccc(OC)c(NC(=O)c2c(NC(=O)c3ccccc3)sc3c2CCCC3)c1. The molecule has 0 saturated heterocycles. The third-order valence-corrected chi connectivity index (χ3v) is 6.52. The molecule has 2 aromatic carbocycles. The van der Waals surface area contributed by atoms with Gasteiger partial charge in [-0.05, 0) is 55.5 Å². The van der Waals surface area contributed by atoms with E-state index in [1.807, 2.05) is 18.2 Å². The van der Waals surface area contributed by atoms with Crippen molar-refractivity contribution in [2.24, 2.45) is 0 Å². The number of carbonyl (C=O) groups is 2. The smallest absolute Gasteiger partial charge is 0.259 e. The minimum atomic E-state index is -0.269. The fourth-order valence-electron chi connectivity index (χ4n) is 3.76. The van der Waals surface area contributed by atoms with Crippen LogP contribution in [0.5, 0.6) is 11.5 Å². The zero-order chi connectivity index (χ0) is 21.8. The summed E-state index contributed by atoms with van der Waals surface area (Å²) in [5.41, 5.74) is 2.63. The Morgan fingerprint density at radius 3 is 2.42 bits per heavy atom. The molecule has 1 aliphatic carbocycles. The second-order valence-corrected chi connectivity index (χ2v) is 8.36. The molecule has 7 heteroatoms. The fourth-order valence-corrected chi connectivity index (χ4v) is 5.04. The van der Waals surface area contributed by atoms with Gasteiger partial charge in [0.05, 0.1) is 25.5 Å². The summed E-state index contributed by atoms with van der Waals surface area (Å²) in [5.74, 6) is 0.649. The zero-order valence-electron chi connectivity index (χ0n) is 17.5. The molecule has 0 fully saturated rings. The summed E-state index contributed by atoms with van der Waals surface area (Å²) in [5, 5.41) is 6.50. The second kappa shape index (κ2) is 9.22. The molecule has 1 aliphatic rings. The van der Waals surface area contributed by atoms with Crippen LogP contribution in [-0.4, -0.2) is 26.0 Å². The van der Waals surface area contributed by atoms with E-state index in [4.69, 9.17) is 9.47 Å². The number of carbonyl (C=O) groups excluding carboxylic acids is 2. The maximum atomic E-state index is 13.4. The number of ether oxygens (including phenoxy) is 2. The summed E-state index contributed by atoms with van der Waals surface area (Å²) >= 11 is 1.49. The Labute approximate surface area is 185 Å². The summed E-state index contributed by atoms with van der Waals surface area (Å²) in [6.07, 6.45) is 3.86. The van der Waals surface area contributed by atoms with Gasteiger partial charge in [0.2, 0.25) is 0 Å². The normalized spacial score (nSPS) is 12.6. The van der Waals surface area contributed by atoms with Gasteiger partial charge in [0.15, 0.2) is 0 Å². The van der Waals surface area contributed by atoms with Crippen LogP contribution in [0.15, 0.2) is 48.5 Å². The van der Waals surface area contributed by atoms with Gasteiger partial charge in [0, 0.05) is 16.5 Å². The molecular weight excluding hydrogens is 412 g/mol. The van der Waals surface area contributed by atoms with Crippen molar-refractivity contribution in [1.82, 2.24) is 0 Å². The monoisotopic (exact) mass is 436 g/mol. The van der Waals surface area contributed by atoms with Gasteiger partial charge in [-0.25, -0.2) is 0 Å². The minimum absolute atomic E-state index is 0.229. The Morgan fingerprint density at radius 2 is 1.68 bits per heavy atom. The summed E-state index contributed by atoms with van der Waals surface area (Å²) in [6, 6.07) is 14.2. The predicted molar refractivity (Wildman–Crippen MR) is 123 cm³/mol. The lowest BCUT2D eigenvalue weighted by Crippen LogP contribution is -2.19. The van der Waals surface area contributed by atoms with Crippen LogP contribution in [0, 0.1) is 0 Å². The molecule has 0 spiro atoms. The highest BCUT2D eigenvalue weighted by atomic mass is 32.1. The van der Waals surface area contributed by atoms with Crippen LogP contribution in [-0.2, 0) is 12.8 Å². The van der Waals surface area contributed by atoms with Crippen molar-refractivity contribution in [3.63, 3.8) is 0 Å². The van der Waals surface area contributed by atoms with Crippen molar-refractivity contribution in [3.8, 4) is 11.5 Å². The zero-order valence-corrected chi connectivity index (χ0v) is 18.3. The molecule has 2 N–H and O–H groups in total. The maximum Gasteiger partial charge on any atom is 0.259 e. The van der Waals surface area contributed by atoms with Crippen molar-refractivity contribution in [2.45, 2.75) is 25.7 Å². The molecule has 0 bridgehead atoms. The number of anilines is 2. The summed E-state index contributed by atoms with van der Waals surface area (Å²) in [4.78, 5) is 27.3. The first-order valence-corrected chi connectivity index (χ1v) is 11.0. The van der Waals surface area contributed by atoms with Gasteiger partial charge in [-0.2, -0.15) is 0 Å². The van der Waals surface area contributed by atoms with E-state index in [1.165, 1.54) is 11.3 Å². The number of benzene rings is 2. The van der Waals surface area contributed by atoms with Crippen LogP contribution in [0.1, 0.15) is 44.0 Å². The highest BCUT2D eigenvalue weighted by Gasteiger charge is 2.27. The van der Waals surface area contributed by atoms with E-state index in [2.05, 4.69) is 10.6 Å². The maximum absolute atomic E-state index is 13.4. The second-order valence-electron chi connectivity index (χ2n) is 7.26. The van der Waals surface area contributed by atoms with Crippen molar-refractivity contribution >= 4 is 33.8 Å². The third-order valence-electron chi connectivity index (χ3n) is 5.32. The van der Waals surface area contributed by atoms with E-state index in [0.717, 1.165) is 36.1 Å². The van der Waals surface area contributed by atoms with Crippen LogP contribution >= 0.6 is 11.3 Å². The van der Waals surface area contributed by atoms with Gasteiger partial charge in [-0.3, -0.25) is 9.59 Å². The van der Waals surface area contributed by atoms with Gasteiger partial charge in [0.25, 0.3) is 11.8 Å². The molecule has 1 aromatic heterocycles. The molecular formula is C24H24N2O4S. The van der Waals surface area contributed by atoms with Crippen LogP contribution in [0.25, 0.3) is 0 Å². The quantitative estimate of drug-likeness (QED) is 0.560. The Morgan fingerprint density at radius 1 is 0.903 bits per heavy atom. The molecule has 1 heterocycles. The van der Waals surface area contributed by atoms with Crippen molar-refractivity contribution in [3.05, 3.63) is 70.1 Å². The summed E-state index contributed by atoms with van der Waals surface area (Å²) in [7, 11) is 3.12. The number of nitrogens with one attached hydrogen (secondary N) is 2. The highest BCUT2D eigenvalue weighted by Crippen LogP contribution is 2.39. The van der Waals surface area contributed by atoms with Gasteiger partial charge in [-0.1, -0.05) is 18.2 Å². The van der Waals surface area contributed by atoms with Crippen LogP contribution in [0.4, 0.5) is 10.7 Å². The summed E-state index contributed by atoms with van der Waals surface area (Å²) in [6.45, 7) is 0. The van der Waals surface area contributed by atoms with E-state index >= 15 is 0 Å². The van der Waals surface area contributed by atoms with E-state index < -0.39 is 0 Å². The molecule has 0 aliphatic heterocycles. The average molecular weight is 437 g/mol. The molecule has 3 aromatic rings. The Kier molecular flexibility index (Phi) is 6.23. The Hall–Kier alpha value is -3.32. The van der Waals surface area contributed by atoms with Gasteiger partial charge < -0.3 is 20.1 Å². The highest BCUT2D eigenvalue weighted by molar-refractivity contribution is 7.17. The molecule has 2 amide bonds. The fraction of sp³-hybridized carbons (Fsp3) is 0.250. The predicted octanol–water partition coefficient (Wildman–Crippen LogP) is 5.15. The van der Waals surface area contributed by atoms with Gasteiger partial charge in [0.1, 0.15) is 16.5 Å². The van der Waals surface area contributed by atoms with E-state index in [-0.39, 0.29) is 11.8 Å². The molecule has 0 unspecified atom stereocenters. The first-order valence-electron chi connectivity index (χ1n) is 10.1. The minimum Gasteiger partial charge on any atom is -0.497 e. The molecule has 0 atom stereocenters. The topological polar surface area (TPSA) is 76.7 Å². The number of aryl methyl sites for hydroxylation is 1. The molecule has 4 rings (SSSR count). The number of methoxy groups -OCH3 is 2. The van der Waals surface area contributed by atoms with Gasteiger partial charge >= 0.3 is 0 Å². The van der Waals surface area contributed by atoms with Crippen molar-refractivity contribution < 1.29 is 19.1 Å². The molecule has 0 saturated carbocycles. The van der Waals surface area contributed by atoms with Crippen molar-refractivity contribution in [1.29, 1.82) is 0 Å². The molecule has 6 nitrogen and oxygen atoms in total. The number of thiophene rings is 1. The number of fused-ring (bicyclic) bond motifs is 1. The lowest BCUT2D eigenvalue weighted by atomic mass is 9.95.